The average Bonchev–Trinajstić information content (AvgIpc) is 3.02. The standard InChI is InChI=1S/C20H22FNO3.C13H17NO3/c1-24-17-6-4-7-18(25-2)20(17)16-5-3-8-19(23)22(16)13-14-9-11-15(21)12-10-14;1-16-10-6-4-7-11(17-2)13(10)9-5-3-8-12(15)14-9/h4,6-7,9-12,16H,3,5,8,13H2,1-2H3;4,6-7,9H,3,5,8H2,1-2H3,(H,14,15). The summed E-state index contributed by atoms with van der Waals surface area (Å²) in [7, 11) is 6.49. The number of hydrogen-bond donors (Lipinski definition) is 1. The number of hydrogen-bond acceptors (Lipinski definition) is 6. The SMILES string of the molecule is COc1cccc(OC)c1C1CCCC(=O)N1.COc1cccc(OC)c1C1CCCC(=O)N1Cc1ccc(F)cc1. The lowest BCUT2D eigenvalue weighted by Crippen LogP contribution is -2.38. The zero-order valence-electron chi connectivity index (χ0n) is 24.7. The molecule has 0 aromatic heterocycles. The first-order valence-corrected chi connectivity index (χ1v) is 14.1. The van der Waals surface area contributed by atoms with Gasteiger partial charge in [0.25, 0.3) is 0 Å². The second-order valence-electron chi connectivity index (χ2n) is 10.2. The number of halogens is 1. The second kappa shape index (κ2) is 14.6. The average molecular weight is 579 g/mol. The second-order valence-corrected chi connectivity index (χ2v) is 10.2. The van der Waals surface area contributed by atoms with Gasteiger partial charge in [0.15, 0.2) is 0 Å². The molecule has 2 fully saturated rings. The molecule has 224 valence electrons. The van der Waals surface area contributed by atoms with E-state index in [4.69, 9.17) is 18.9 Å². The molecule has 3 aromatic carbocycles. The van der Waals surface area contributed by atoms with Gasteiger partial charge in [0.05, 0.1) is 51.6 Å². The van der Waals surface area contributed by atoms with E-state index in [1.807, 2.05) is 41.3 Å². The molecule has 2 heterocycles. The van der Waals surface area contributed by atoms with Gasteiger partial charge in [-0.05, 0) is 67.6 Å². The molecule has 2 saturated heterocycles. The summed E-state index contributed by atoms with van der Waals surface area (Å²) in [6.45, 7) is 0.435. The molecule has 2 aliphatic rings. The van der Waals surface area contributed by atoms with Crippen LogP contribution in [0.15, 0.2) is 60.7 Å². The van der Waals surface area contributed by atoms with Crippen molar-refractivity contribution in [2.75, 3.05) is 28.4 Å². The molecule has 0 radical (unpaired) electrons. The van der Waals surface area contributed by atoms with Crippen molar-refractivity contribution in [2.45, 2.75) is 57.2 Å². The summed E-state index contributed by atoms with van der Waals surface area (Å²) in [4.78, 5) is 25.9. The van der Waals surface area contributed by atoms with Crippen LogP contribution in [0.2, 0.25) is 0 Å². The molecule has 2 unspecified atom stereocenters. The quantitative estimate of drug-likeness (QED) is 0.346. The van der Waals surface area contributed by atoms with Crippen molar-refractivity contribution in [3.05, 3.63) is 83.2 Å². The lowest BCUT2D eigenvalue weighted by Gasteiger charge is -2.37. The molecule has 2 atom stereocenters. The van der Waals surface area contributed by atoms with E-state index in [0.717, 1.165) is 53.9 Å². The van der Waals surface area contributed by atoms with E-state index < -0.39 is 0 Å². The third kappa shape index (κ3) is 7.13. The lowest BCUT2D eigenvalue weighted by molar-refractivity contribution is -0.137. The Morgan fingerprint density at radius 2 is 1.26 bits per heavy atom. The first kappa shape index (κ1) is 30.7. The Morgan fingerprint density at radius 3 is 1.79 bits per heavy atom. The minimum absolute atomic E-state index is 0.0117. The number of carbonyl (C=O) groups is 2. The van der Waals surface area contributed by atoms with Crippen LogP contribution in [-0.4, -0.2) is 45.2 Å². The molecule has 0 spiro atoms. The van der Waals surface area contributed by atoms with Crippen LogP contribution in [0.1, 0.15) is 67.3 Å². The summed E-state index contributed by atoms with van der Waals surface area (Å²) in [6.07, 6.45) is 4.61. The predicted octanol–water partition coefficient (Wildman–Crippen LogP) is 6.14. The highest BCUT2D eigenvalue weighted by Gasteiger charge is 2.33. The highest BCUT2D eigenvalue weighted by atomic mass is 19.1. The Kier molecular flexibility index (Phi) is 10.6. The molecule has 42 heavy (non-hydrogen) atoms. The van der Waals surface area contributed by atoms with Gasteiger partial charge in [-0.3, -0.25) is 9.59 Å². The number of carbonyl (C=O) groups excluding carboxylic acids is 2. The van der Waals surface area contributed by atoms with Crippen LogP contribution in [0, 0.1) is 5.82 Å². The molecule has 9 heteroatoms. The van der Waals surface area contributed by atoms with Crippen molar-refractivity contribution in [1.82, 2.24) is 10.2 Å². The van der Waals surface area contributed by atoms with Crippen molar-refractivity contribution >= 4 is 11.8 Å². The first-order chi connectivity index (χ1) is 20.4. The van der Waals surface area contributed by atoms with Gasteiger partial charge in [-0.1, -0.05) is 24.3 Å². The van der Waals surface area contributed by atoms with E-state index in [0.29, 0.717) is 30.9 Å². The Labute approximate surface area is 246 Å². The lowest BCUT2D eigenvalue weighted by atomic mass is 9.92. The maximum atomic E-state index is 13.2. The van der Waals surface area contributed by atoms with Gasteiger partial charge in [0, 0.05) is 19.4 Å². The molecule has 2 amide bonds. The van der Waals surface area contributed by atoms with Gasteiger partial charge in [-0.25, -0.2) is 4.39 Å². The molecule has 0 saturated carbocycles. The van der Waals surface area contributed by atoms with Gasteiger partial charge in [-0.15, -0.1) is 0 Å². The maximum absolute atomic E-state index is 13.2. The van der Waals surface area contributed by atoms with Gasteiger partial charge in [0.1, 0.15) is 28.8 Å². The summed E-state index contributed by atoms with van der Waals surface area (Å²) in [5.41, 5.74) is 2.73. The highest BCUT2D eigenvalue weighted by Crippen LogP contribution is 2.42. The highest BCUT2D eigenvalue weighted by molar-refractivity contribution is 5.78. The smallest absolute Gasteiger partial charge is 0.223 e. The van der Waals surface area contributed by atoms with Crippen molar-refractivity contribution in [3.63, 3.8) is 0 Å². The van der Waals surface area contributed by atoms with Crippen LogP contribution >= 0.6 is 0 Å². The Morgan fingerprint density at radius 1 is 0.738 bits per heavy atom. The van der Waals surface area contributed by atoms with Crippen molar-refractivity contribution in [1.29, 1.82) is 0 Å². The van der Waals surface area contributed by atoms with E-state index >= 15 is 0 Å². The minimum Gasteiger partial charge on any atom is -0.496 e. The summed E-state index contributed by atoms with van der Waals surface area (Å²) in [5.74, 6) is 2.85. The van der Waals surface area contributed by atoms with Crippen molar-refractivity contribution in [3.8, 4) is 23.0 Å². The number of benzene rings is 3. The number of methoxy groups -OCH3 is 4. The van der Waals surface area contributed by atoms with E-state index in [9.17, 15) is 14.0 Å². The fourth-order valence-corrected chi connectivity index (χ4v) is 5.66. The van der Waals surface area contributed by atoms with Gasteiger partial charge >= 0.3 is 0 Å². The molecular weight excluding hydrogens is 539 g/mol. The monoisotopic (exact) mass is 578 g/mol. The topological polar surface area (TPSA) is 86.3 Å². The van der Waals surface area contributed by atoms with Gasteiger partial charge < -0.3 is 29.2 Å². The zero-order chi connectivity index (χ0) is 30.1. The molecule has 1 N–H and O–H groups in total. The van der Waals surface area contributed by atoms with Crippen LogP contribution in [-0.2, 0) is 16.1 Å². The minimum atomic E-state index is -0.281. The molecular formula is C33H39FN2O6. The number of nitrogens with one attached hydrogen (secondary N) is 1. The fraction of sp³-hybridized carbons (Fsp3) is 0.394. The third-order valence-electron chi connectivity index (χ3n) is 7.68. The van der Waals surface area contributed by atoms with Crippen LogP contribution < -0.4 is 24.3 Å². The van der Waals surface area contributed by atoms with Crippen molar-refractivity contribution in [2.24, 2.45) is 0 Å². The summed E-state index contributed by atoms with van der Waals surface area (Å²) in [6, 6.07) is 17.4. The Balaban J connectivity index is 0.000000208. The molecule has 2 aliphatic heterocycles. The molecule has 8 nitrogen and oxygen atoms in total. The van der Waals surface area contributed by atoms with Crippen molar-refractivity contribution < 1.29 is 32.9 Å². The Hall–Kier alpha value is -4.27. The third-order valence-corrected chi connectivity index (χ3v) is 7.68. The summed E-state index contributed by atoms with van der Waals surface area (Å²) >= 11 is 0. The van der Waals surface area contributed by atoms with Crippen LogP contribution in [0.25, 0.3) is 0 Å². The van der Waals surface area contributed by atoms with E-state index in [2.05, 4.69) is 5.32 Å². The van der Waals surface area contributed by atoms with Gasteiger partial charge in [-0.2, -0.15) is 0 Å². The number of piperidine rings is 2. The van der Waals surface area contributed by atoms with Crippen LogP contribution in [0.4, 0.5) is 4.39 Å². The van der Waals surface area contributed by atoms with Crippen LogP contribution in [0.3, 0.4) is 0 Å². The summed E-state index contributed by atoms with van der Waals surface area (Å²) in [5, 5.41) is 2.98. The Bertz CT molecular complexity index is 1320. The first-order valence-electron chi connectivity index (χ1n) is 14.1. The number of likely N-dealkylation sites (tertiary alicyclic amines) is 1. The van der Waals surface area contributed by atoms with E-state index in [1.165, 1.54) is 12.1 Å². The van der Waals surface area contributed by atoms with Crippen LogP contribution in [0.5, 0.6) is 23.0 Å². The molecule has 5 rings (SSSR count). The maximum Gasteiger partial charge on any atom is 0.223 e. The predicted molar refractivity (Wildman–Crippen MR) is 157 cm³/mol. The number of nitrogens with zero attached hydrogens (tertiary/aromatic N) is 1. The number of amides is 2. The van der Waals surface area contributed by atoms with E-state index in [-0.39, 0.29) is 29.7 Å². The fourth-order valence-electron chi connectivity index (χ4n) is 5.66. The normalized spacial score (nSPS) is 18.4. The molecule has 0 bridgehead atoms. The zero-order valence-corrected chi connectivity index (χ0v) is 24.7. The molecule has 3 aromatic rings. The molecule has 0 aliphatic carbocycles. The largest absolute Gasteiger partial charge is 0.496 e. The number of ether oxygens (including phenoxy) is 4. The summed E-state index contributed by atoms with van der Waals surface area (Å²) < 4.78 is 34.9. The number of rotatable bonds is 8. The van der Waals surface area contributed by atoms with Gasteiger partial charge in [0.2, 0.25) is 11.8 Å². The van der Waals surface area contributed by atoms with E-state index in [1.54, 1.807) is 40.6 Å².